The van der Waals surface area contributed by atoms with E-state index in [4.69, 9.17) is 14.2 Å². The first-order valence-corrected chi connectivity index (χ1v) is 14.7. The highest BCUT2D eigenvalue weighted by atomic mass is 16.6. The van der Waals surface area contributed by atoms with Crippen molar-refractivity contribution in [2.75, 3.05) is 6.61 Å². The molecule has 1 unspecified atom stereocenters. The van der Waals surface area contributed by atoms with Crippen molar-refractivity contribution in [2.24, 2.45) is 22.7 Å². The van der Waals surface area contributed by atoms with Gasteiger partial charge in [0.2, 0.25) is 0 Å². The van der Waals surface area contributed by atoms with Crippen LogP contribution >= 0.6 is 0 Å². The molecule has 42 heavy (non-hydrogen) atoms. The Morgan fingerprint density at radius 3 is 2.45 bits per heavy atom. The highest BCUT2D eigenvalue weighted by Gasteiger charge is 2.82. The molecule has 0 aromatic rings. The highest BCUT2D eigenvalue weighted by Crippen LogP contribution is 2.71. The second-order valence-corrected chi connectivity index (χ2v) is 13.4. The molecule has 230 valence electrons. The van der Waals surface area contributed by atoms with Crippen molar-refractivity contribution < 1.29 is 48.7 Å². The molecule has 0 radical (unpaired) electrons. The highest BCUT2D eigenvalue weighted by molar-refractivity contribution is 5.98. The summed E-state index contributed by atoms with van der Waals surface area (Å²) in [5, 5.41) is 38.3. The molecule has 1 aliphatic heterocycles. The monoisotopic (exact) mass is 586 g/mol. The zero-order valence-corrected chi connectivity index (χ0v) is 25.2. The lowest BCUT2D eigenvalue weighted by molar-refractivity contribution is -0.299. The maximum absolute atomic E-state index is 13.4. The van der Waals surface area contributed by atoms with Gasteiger partial charge in [-0.1, -0.05) is 23.3 Å². The van der Waals surface area contributed by atoms with Crippen LogP contribution in [-0.4, -0.2) is 74.6 Å². The number of carbonyl (C=O) groups is 4. The van der Waals surface area contributed by atoms with Crippen molar-refractivity contribution in [1.82, 2.24) is 0 Å². The Labute approximate surface area is 245 Å². The van der Waals surface area contributed by atoms with E-state index in [2.05, 4.69) is 0 Å². The van der Waals surface area contributed by atoms with Crippen molar-refractivity contribution in [3.05, 3.63) is 34.9 Å². The van der Waals surface area contributed by atoms with E-state index < -0.39 is 76.7 Å². The Kier molecular flexibility index (Phi) is 7.19. The van der Waals surface area contributed by atoms with Gasteiger partial charge >= 0.3 is 17.9 Å². The maximum atomic E-state index is 13.4. The largest absolute Gasteiger partial charge is 0.465 e. The van der Waals surface area contributed by atoms with Gasteiger partial charge in [-0.05, 0) is 71.3 Å². The van der Waals surface area contributed by atoms with E-state index in [0.29, 0.717) is 30.4 Å². The van der Waals surface area contributed by atoms with Gasteiger partial charge in [-0.25, -0.2) is 4.79 Å². The quantitative estimate of drug-likeness (QED) is 0.249. The molecule has 1 heterocycles. The number of cyclic esters (lactones) is 1. The topological polar surface area (TPSA) is 157 Å². The molecule has 5 aliphatic rings. The van der Waals surface area contributed by atoms with Crippen LogP contribution in [0.1, 0.15) is 80.1 Å². The van der Waals surface area contributed by atoms with Gasteiger partial charge in [-0.2, -0.15) is 0 Å². The number of hydrogen-bond acceptors (Lipinski definition) is 10. The molecule has 0 spiro atoms. The summed E-state index contributed by atoms with van der Waals surface area (Å²) in [6.45, 7) is 8.52. The van der Waals surface area contributed by atoms with Crippen LogP contribution in [0.5, 0.6) is 0 Å². The van der Waals surface area contributed by atoms with Crippen LogP contribution in [0.2, 0.25) is 0 Å². The molecule has 2 saturated carbocycles. The molecule has 0 aromatic carbocycles. The normalized spacial score (nSPS) is 42.5. The molecule has 5 rings (SSSR count). The maximum Gasteiger partial charge on any atom is 0.334 e. The van der Waals surface area contributed by atoms with E-state index in [1.165, 1.54) is 20.8 Å². The van der Waals surface area contributed by atoms with Crippen molar-refractivity contribution in [3.8, 4) is 0 Å². The fraction of sp³-hybridized carbons (Fsp3) is 0.688. The summed E-state index contributed by atoms with van der Waals surface area (Å²) in [5.74, 6) is -3.14. The minimum atomic E-state index is -2.26. The third-order valence-corrected chi connectivity index (χ3v) is 11.6. The summed E-state index contributed by atoms with van der Waals surface area (Å²) in [6, 6.07) is 0. The average Bonchev–Trinajstić information content (AvgIpc) is 3.10. The second kappa shape index (κ2) is 9.86. The molecule has 4 aliphatic carbocycles. The summed E-state index contributed by atoms with van der Waals surface area (Å²) in [4.78, 5) is 50.8. The molecule has 10 heteroatoms. The van der Waals surface area contributed by atoms with Crippen LogP contribution < -0.4 is 0 Å². The minimum Gasteiger partial charge on any atom is -0.465 e. The lowest BCUT2D eigenvalue weighted by atomic mass is 9.44. The summed E-state index contributed by atoms with van der Waals surface area (Å²) in [5.41, 5.74) is -7.06. The number of ketones is 1. The van der Waals surface area contributed by atoms with Gasteiger partial charge < -0.3 is 29.5 Å². The van der Waals surface area contributed by atoms with Crippen molar-refractivity contribution >= 4 is 23.7 Å². The fourth-order valence-corrected chi connectivity index (χ4v) is 9.03. The van der Waals surface area contributed by atoms with Crippen molar-refractivity contribution in [3.63, 3.8) is 0 Å². The summed E-state index contributed by atoms with van der Waals surface area (Å²) in [7, 11) is 0. The lowest BCUT2D eigenvalue weighted by Crippen LogP contribution is -2.75. The molecule has 0 saturated heterocycles. The van der Waals surface area contributed by atoms with Gasteiger partial charge in [0.1, 0.15) is 35.6 Å². The molecule has 9 atom stereocenters. The summed E-state index contributed by atoms with van der Waals surface area (Å²) < 4.78 is 17.0. The molecule has 0 bridgehead atoms. The van der Waals surface area contributed by atoms with Gasteiger partial charge in [0.05, 0.1) is 10.8 Å². The second-order valence-electron chi connectivity index (χ2n) is 13.4. The van der Waals surface area contributed by atoms with Crippen molar-refractivity contribution in [1.29, 1.82) is 0 Å². The molecule has 2 fully saturated rings. The average molecular weight is 587 g/mol. The van der Waals surface area contributed by atoms with Gasteiger partial charge in [0.15, 0.2) is 5.78 Å². The Morgan fingerprint density at radius 2 is 1.83 bits per heavy atom. The molecule has 10 nitrogen and oxygen atoms in total. The van der Waals surface area contributed by atoms with E-state index >= 15 is 0 Å². The van der Waals surface area contributed by atoms with E-state index in [0.717, 1.165) is 5.57 Å². The van der Waals surface area contributed by atoms with Crippen LogP contribution in [0.4, 0.5) is 0 Å². The number of aliphatic hydroxyl groups is 3. The van der Waals surface area contributed by atoms with E-state index in [1.54, 1.807) is 19.9 Å². The van der Waals surface area contributed by atoms with Crippen LogP contribution in [0, 0.1) is 22.7 Å². The first-order valence-electron chi connectivity index (χ1n) is 14.7. The lowest BCUT2D eigenvalue weighted by Gasteiger charge is -2.63. The van der Waals surface area contributed by atoms with E-state index in [9.17, 15) is 34.5 Å². The van der Waals surface area contributed by atoms with Crippen LogP contribution in [0.25, 0.3) is 0 Å². The Hall–Kier alpha value is -2.82. The SMILES string of the molecule is CC(=O)OC[C@]12CC[C@H]3[C@@H](CC=C4CC=CC(=O)[C@@]43C)[C@]1(O)[C@@H](OC(C)=O)C[C@@]2(O)C(C)(O)[C@H]1CC(C)=C(C)C(=O)O1. The number of allylic oxidation sites excluding steroid dienone is 4. The number of esters is 3. The number of fused-ring (bicyclic) bond motifs is 5. The Bertz CT molecular complexity index is 1320. The standard InChI is InChI=1S/C32H42O10/c1-17-14-25(42-27(36)18(17)2)29(6,37)31(38)15-26(41-20(4)34)32(39)23-11-10-21-8-7-9-24(35)28(21,5)22(23)12-13-30(31,32)16-40-19(3)33/h7,9-10,22-23,25-26,37-39H,8,11-16H2,1-6H3/t22-,23+,25+,26-,28-,29?,30-,31+,32-/m0/s1. The third-order valence-electron chi connectivity index (χ3n) is 11.6. The predicted molar refractivity (Wildman–Crippen MR) is 148 cm³/mol. The molecule has 0 amide bonds. The minimum absolute atomic E-state index is 0.0384. The first-order chi connectivity index (χ1) is 19.5. The van der Waals surface area contributed by atoms with Crippen LogP contribution in [-0.2, 0) is 33.4 Å². The first kappa shape index (κ1) is 30.6. The Morgan fingerprint density at radius 1 is 1.14 bits per heavy atom. The number of hydrogen-bond donors (Lipinski definition) is 3. The molecular formula is C32H42O10. The zero-order valence-electron chi connectivity index (χ0n) is 25.2. The smallest absolute Gasteiger partial charge is 0.334 e. The fourth-order valence-electron chi connectivity index (χ4n) is 9.03. The number of rotatable bonds is 5. The van der Waals surface area contributed by atoms with Crippen molar-refractivity contribution in [2.45, 2.75) is 109 Å². The van der Waals surface area contributed by atoms with E-state index in [-0.39, 0.29) is 24.5 Å². The third kappa shape index (κ3) is 3.87. The predicted octanol–water partition coefficient (Wildman–Crippen LogP) is 2.63. The zero-order chi connectivity index (χ0) is 31.0. The van der Waals surface area contributed by atoms with Gasteiger partial charge in [0, 0.05) is 32.3 Å². The van der Waals surface area contributed by atoms with Gasteiger partial charge in [-0.3, -0.25) is 14.4 Å². The van der Waals surface area contributed by atoms with Gasteiger partial charge in [-0.15, -0.1) is 0 Å². The molecular weight excluding hydrogens is 544 g/mol. The molecule has 3 N–H and O–H groups in total. The van der Waals surface area contributed by atoms with Crippen LogP contribution in [0.15, 0.2) is 34.9 Å². The van der Waals surface area contributed by atoms with Gasteiger partial charge in [0.25, 0.3) is 0 Å². The Balaban J connectivity index is 1.70. The number of carbonyl (C=O) groups excluding carboxylic acids is 4. The summed E-state index contributed by atoms with van der Waals surface area (Å²) >= 11 is 0. The van der Waals surface area contributed by atoms with Crippen LogP contribution in [0.3, 0.4) is 0 Å². The van der Waals surface area contributed by atoms with E-state index in [1.807, 2.05) is 19.1 Å². The number of ether oxygens (including phenoxy) is 3. The summed E-state index contributed by atoms with van der Waals surface area (Å²) in [6.07, 6.45) is 3.87. The molecule has 0 aromatic heterocycles.